The topological polar surface area (TPSA) is 57.6 Å². The second-order valence-corrected chi connectivity index (χ2v) is 5.72. The van der Waals surface area contributed by atoms with E-state index in [2.05, 4.69) is 0 Å². The monoisotopic (exact) mass is 247 g/mol. The molecule has 82 valence electrons. The van der Waals surface area contributed by atoms with Crippen LogP contribution in [0.5, 0.6) is 0 Å². The summed E-state index contributed by atoms with van der Waals surface area (Å²) < 4.78 is 25.0. The molecule has 1 aromatic rings. The minimum atomic E-state index is -3.52. The van der Waals surface area contributed by atoms with Crippen molar-refractivity contribution in [2.24, 2.45) is 0 Å². The first kappa shape index (κ1) is 10.9. The number of nitrogens with zero attached hydrogens (tertiary/aromatic N) is 1. The van der Waals surface area contributed by atoms with E-state index in [9.17, 15) is 8.42 Å². The molecule has 1 N–H and O–H groups in total. The van der Waals surface area contributed by atoms with Crippen molar-refractivity contribution in [2.45, 2.75) is 11.0 Å². The molecule has 0 unspecified atom stereocenters. The Morgan fingerprint density at radius 1 is 1.33 bits per heavy atom. The van der Waals surface area contributed by atoms with E-state index in [1.165, 1.54) is 16.4 Å². The molecule has 0 aliphatic carbocycles. The van der Waals surface area contributed by atoms with E-state index < -0.39 is 16.1 Å². The third kappa shape index (κ3) is 1.88. The first-order valence-electron chi connectivity index (χ1n) is 4.44. The predicted molar refractivity (Wildman–Crippen MR) is 56.2 cm³/mol. The van der Waals surface area contributed by atoms with E-state index in [0.717, 1.165) is 0 Å². The standard InChI is InChI=1S/C9H10ClNO3S/c10-8-3-1-2-4-9(8)15(13,14)11-5-7(12)6-11/h1-4,7,12H,5-6H2. The number of halogens is 1. The first-order chi connectivity index (χ1) is 7.01. The lowest BCUT2D eigenvalue weighted by molar-refractivity contribution is 0.0548. The summed E-state index contributed by atoms with van der Waals surface area (Å²) in [7, 11) is -3.52. The van der Waals surface area contributed by atoms with Gasteiger partial charge in [-0.2, -0.15) is 4.31 Å². The van der Waals surface area contributed by atoms with Crippen LogP contribution < -0.4 is 0 Å². The summed E-state index contributed by atoms with van der Waals surface area (Å²) in [5.41, 5.74) is 0. The van der Waals surface area contributed by atoms with Gasteiger partial charge in [-0.3, -0.25) is 0 Å². The number of benzene rings is 1. The summed E-state index contributed by atoms with van der Waals surface area (Å²) in [5.74, 6) is 0. The van der Waals surface area contributed by atoms with Crippen LogP contribution in [0.25, 0.3) is 0 Å². The average molecular weight is 248 g/mol. The van der Waals surface area contributed by atoms with Gasteiger partial charge >= 0.3 is 0 Å². The van der Waals surface area contributed by atoms with Crippen LogP contribution in [-0.4, -0.2) is 37.0 Å². The molecule has 1 heterocycles. The summed E-state index contributed by atoms with van der Waals surface area (Å²) in [5, 5.41) is 9.27. The van der Waals surface area contributed by atoms with E-state index >= 15 is 0 Å². The van der Waals surface area contributed by atoms with Gasteiger partial charge in [-0.15, -0.1) is 0 Å². The highest BCUT2D eigenvalue weighted by Crippen LogP contribution is 2.26. The number of aliphatic hydroxyl groups is 1. The second-order valence-electron chi connectivity index (χ2n) is 3.41. The van der Waals surface area contributed by atoms with E-state index in [1.807, 2.05) is 0 Å². The second kappa shape index (κ2) is 3.75. The zero-order valence-corrected chi connectivity index (χ0v) is 9.37. The SMILES string of the molecule is O=S(=O)(c1ccccc1Cl)N1CC(O)C1. The van der Waals surface area contributed by atoms with Gasteiger partial charge in [-0.1, -0.05) is 23.7 Å². The van der Waals surface area contributed by atoms with E-state index in [-0.39, 0.29) is 23.0 Å². The van der Waals surface area contributed by atoms with E-state index in [4.69, 9.17) is 16.7 Å². The largest absolute Gasteiger partial charge is 0.390 e. The smallest absolute Gasteiger partial charge is 0.244 e. The third-order valence-electron chi connectivity index (χ3n) is 2.28. The van der Waals surface area contributed by atoms with Crippen molar-refractivity contribution in [2.75, 3.05) is 13.1 Å². The van der Waals surface area contributed by atoms with Gasteiger partial charge in [0, 0.05) is 13.1 Å². The maximum atomic E-state index is 11.9. The normalized spacial score (nSPS) is 18.8. The Kier molecular flexibility index (Phi) is 2.72. The fraction of sp³-hybridized carbons (Fsp3) is 0.333. The van der Waals surface area contributed by atoms with Crippen LogP contribution >= 0.6 is 11.6 Å². The van der Waals surface area contributed by atoms with Crippen LogP contribution in [0.3, 0.4) is 0 Å². The number of hydrogen-bond donors (Lipinski definition) is 1. The molecule has 0 atom stereocenters. The molecule has 1 aliphatic rings. The first-order valence-corrected chi connectivity index (χ1v) is 6.26. The van der Waals surface area contributed by atoms with Crippen molar-refractivity contribution < 1.29 is 13.5 Å². The van der Waals surface area contributed by atoms with Crippen LogP contribution in [0.1, 0.15) is 0 Å². The van der Waals surface area contributed by atoms with Crippen LogP contribution in [-0.2, 0) is 10.0 Å². The molecule has 2 rings (SSSR count). The van der Waals surface area contributed by atoms with Crippen LogP contribution in [0.4, 0.5) is 0 Å². The van der Waals surface area contributed by atoms with Gasteiger partial charge in [-0.05, 0) is 12.1 Å². The predicted octanol–water partition coefficient (Wildman–Crippen LogP) is 0.705. The Labute approximate surface area is 93.1 Å². The fourth-order valence-corrected chi connectivity index (χ4v) is 3.41. The number of sulfonamides is 1. The van der Waals surface area contributed by atoms with Crippen LogP contribution in [0.15, 0.2) is 29.2 Å². The summed E-state index contributed by atoms with van der Waals surface area (Å²) in [6.07, 6.45) is -0.553. The Hall–Kier alpha value is -0.620. The van der Waals surface area contributed by atoms with Crippen molar-refractivity contribution >= 4 is 21.6 Å². The Balaban J connectivity index is 2.35. The third-order valence-corrected chi connectivity index (χ3v) is 4.61. The lowest BCUT2D eigenvalue weighted by atomic mass is 10.2. The molecule has 1 saturated heterocycles. The highest BCUT2D eigenvalue weighted by atomic mass is 35.5. The highest BCUT2D eigenvalue weighted by Gasteiger charge is 2.36. The molecular weight excluding hydrogens is 238 g/mol. The minimum Gasteiger partial charge on any atom is -0.390 e. The molecule has 0 aromatic heterocycles. The molecule has 0 saturated carbocycles. The molecule has 1 aliphatic heterocycles. The van der Waals surface area contributed by atoms with Crippen LogP contribution in [0.2, 0.25) is 5.02 Å². The quantitative estimate of drug-likeness (QED) is 0.837. The summed E-state index contributed by atoms with van der Waals surface area (Å²) in [6, 6.07) is 6.29. The van der Waals surface area contributed by atoms with Crippen molar-refractivity contribution in [3.05, 3.63) is 29.3 Å². The zero-order chi connectivity index (χ0) is 11.1. The Morgan fingerprint density at radius 2 is 1.93 bits per heavy atom. The molecule has 15 heavy (non-hydrogen) atoms. The molecule has 0 bridgehead atoms. The van der Waals surface area contributed by atoms with Gasteiger partial charge in [0.15, 0.2) is 0 Å². The molecule has 1 fully saturated rings. The van der Waals surface area contributed by atoms with Gasteiger partial charge in [0.2, 0.25) is 10.0 Å². The number of aliphatic hydroxyl groups excluding tert-OH is 1. The van der Waals surface area contributed by atoms with Crippen molar-refractivity contribution in [1.29, 1.82) is 0 Å². The lowest BCUT2D eigenvalue weighted by Crippen LogP contribution is -2.53. The molecular formula is C9H10ClNO3S. The van der Waals surface area contributed by atoms with Crippen molar-refractivity contribution in [3.63, 3.8) is 0 Å². The number of rotatable bonds is 2. The molecule has 1 aromatic carbocycles. The van der Waals surface area contributed by atoms with Gasteiger partial charge < -0.3 is 5.11 Å². The summed E-state index contributed by atoms with van der Waals surface area (Å²) in [6.45, 7) is 0.293. The molecule has 0 amide bonds. The zero-order valence-electron chi connectivity index (χ0n) is 7.80. The van der Waals surface area contributed by atoms with Crippen molar-refractivity contribution in [1.82, 2.24) is 4.31 Å². The molecule has 6 heteroatoms. The Bertz CT molecular complexity index is 468. The van der Waals surface area contributed by atoms with Gasteiger partial charge in [0.05, 0.1) is 11.1 Å². The van der Waals surface area contributed by atoms with E-state index in [1.54, 1.807) is 12.1 Å². The molecule has 4 nitrogen and oxygen atoms in total. The fourth-order valence-electron chi connectivity index (χ4n) is 1.41. The maximum absolute atomic E-state index is 11.9. The van der Waals surface area contributed by atoms with Crippen LogP contribution in [0, 0.1) is 0 Å². The summed E-state index contributed by atoms with van der Waals surface area (Å²) in [4.78, 5) is 0.0959. The summed E-state index contributed by atoms with van der Waals surface area (Å²) >= 11 is 5.80. The average Bonchev–Trinajstić information content (AvgIpc) is 2.13. The number of hydrogen-bond acceptors (Lipinski definition) is 3. The molecule has 0 spiro atoms. The lowest BCUT2D eigenvalue weighted by Gasteiger charge is -2.34. The van der Waals surface area contributed by atoms with Gasteiger partial charge in [0.25, 0.3) is 0 Å². The maximum Gasteiger partial charge on any atom is 0.244 e. The molecule has 0 radical (unpaired) electrons. The van der Waals surface area contributed by atoms with Crippen molar-refractivity contribution in [3.8, 4) is 0 Å². The van der Waals surface area contributed by atoms with Gasteiger partial charge in [-0.25, -0.2) is 8.42 Å². The highest BCUT2D eigenvalue weighted by molar-refractivity contribution is 7.89. The Morgan fingerprint density at radius 3 is 2.47 bits per heavy atom. The van der Waals surface area contributed by atoms with Gasteiger partial charge in [0.1, 0.15) is 4.90 Å². The minimum absolute atomic E-state index is 0.0959. The van der Waals surface area contributed by atoms with E-state index in [0.29, 0.717) is 0 Å². The number of β-amino-alcohol motifs (C(OH)–C–C–N with tert-alkyl or cyclic N) is 1.